The summed E-state index contributed by atoms with van der Waals surface area (Å²) in [5.41, 5.74) is 0. The first-order chi connectivity index (χ1) is 9.76. The van der Waals surface area contributed by atoms with E-state index in [4.69, 9.17) is 9.26 Å². The van der Waals surface area contributed by atoms with Crippen LogP contribution in [-0.2, 0) is 4.74 Å². The molecule has 2 aliphatic rings. The minimum absolute atomic E-state index is 0.215. The highest BCUT2D eigenvalue weighted by atomic mass is 16.5. The van der Waals surface area contributed by atoms with E-state index in [1.165, 1.54) is 19.3 Å². The van der Waals surface area contributed by atoms with Crippen molar-refractivity contribution in [2.75, 3.05) is 20.2 Å². The Hall–Kier alpha value is -1.20. The summed E-state index contributed by atoms with van der Waals surface area (Å²) >= 11 is 0. The highest BCUT2D eigenvalue weighted by Gasteiger charge is 2.37. The molecule has 2 heterocycles. The largest absolute Gasteiger partial charge is 0.380 e. The molecule has 1 aromatic heterocycles. The molecule has 0 spiro atoms. The van der Waals surface area contributed by atoms with Gasteiger partial charge in [-0.3, -0.25) is 4.90 Å². The number of rotatable bonds is 4. The van der Waals surface area contributed by atoms with Gasteiger partial charge < -0.3 is 9.26 Å². The second-order valence-electron chi connectivity index (χ2n) is 5.89. The van der Waals surface area contributed by atoms with Crippen LogP contribution in [0.3, 0.4) is 0 Å². The van der Waals surface area contributed by atoms with Crippen molar-refractivity contribution in [1.29, 1.82) is 0 Å². The maximum absolute atomic E-state index is 5.54. The van der Waals surface area contributed by atoms with Crippen LogP contribution in [0.5, 0.6) is 0 Å². The fourth-order valence-electron chi connectivity index (χ4n) is 3.29. The van der Waals surface area contributed by atoms with E-state index in [0.717, 1.165) is 31.3 Å². The van der Waals surface area contributed by atoms with Gasteiger partial charge in [0.15, 0.2) is 5.82 Å². The summed E-state index contributed by atoms with van der Waals surface area (Å²) < 4.78 is 10.9. The van der Waals surface area contributed by atoms with Crippen LogP contribution in [0.4, 0.5) is 0 Å². The summed E-state index contributed by atoms with van der Waals surface area (Å²) in [7, 11) is 1.79. The number of nitrogens with zero attached hydrogens (tertiary/aromatic N) is 3. The molecule has 0 N–H and O–H groups in total. The highest BCUT2D eigenvalue weighted by Crippen LogP contribution is 2.34. The van der Waals surface area contributed by atoms with Gasteiger partial charge in [0.2, 0.25) is 5.89 Å². The molecule has 3 atom stereocenters. The summed E-state index contributed by atoms with van der Waals surface area (Å²) in [5.74, 6) is 2.19. The topological polar surface area (TPSA) is 51.4 Å². The van der Waals surface area contributed by atoms with Gasteiger partial charge in [-0.25, -0.2) is 0 Å². The molecule has 0 bridgehead atoms. The van der Waals surface area contributed by atoms with Crippen molar-refractivity contribution in [2.45, 2.75) is 44.8 Å². The lowest BCUT2D eigenvalue weighted by molar-refractivity contribution is 0.105. The monoisotopic (exact) mass is 277 g/mol. The fourth-order valence-corrected chi connectivity index (χ4v) is 3.29. The predicted octanol–water partition coefficient (Wildman–Crippen LogP) is 2.50. The number of methoxy groups -OCH3 is 1. The van der Waals surface area contributed by atoms with Gasteiger partial charge in [-0.1, -0.05) is 17.3 Å². The van der Waals surface area contributed by atoms with E-state index in [1.54, 1.807) is 7.11 Å². The molecule has 1 aliphatic heterocycles. The maximum atomic E-state index is 5.54. The van der Waals surface area contributed by atoms with Crippen LogP contribution in [0.1, 0.15) is 43.4 Å². The number of allylic oxidation sites excluding steroid dienone is 2. The van der Waals surface area contributed by atoms with Crippen LogP contribution < -0.4 is 0 Å². The average Bonchev–Trinajstić information content (AvgIpc) is 3.06. The van der Waals surface area contributed by atoms with E-state index in [1.807, 2.05) is 6.92 Å². The summed E-state index contributed by atoms with van der Waals surface area (Å²) in [6.07, 6.45) is 9.48. The molecule has 20 heavy (non-hydrogen) atoms. The molecule has 0 amide bonds. The fraction of sp³-hybridized carbons (Fsp3) is 0.733. The van der Waals surface area contributed by atoms with Crippen molar-refractivity contribution < 1.29 is 9.26 Å². The Balaban J connectivity index is 1.70. The van der Waals surface area contributed by atoms with Crippen LogP contribution in [0.25, 0.3) is 0 Å². The third-order valence-electron chi connectivity index (χ3n) is 4.40. The van der Waals surface area contributed by atoms with Gasteiger partial charge in [-0.15, -0.1) is 0 Å². The van der Waals surface area contributed by atoms with Crippen molar-refractivity contribution in [3.8, 4) is 0 Å². The number of hydrogen-bond acceptors (Lipinski definition) is 5. The zero-order valence-corrected chi connectivity index (χ0v) is 12.3. The molecule has 1 aromatic rings. The third kappa shape index (κ3) is 2.94. The molecule has 5 nitrogen and oxygen atoms in total. The van der Waals surface area contributed by atoms with Gasteiger partial charge in [0.1, 0.15) is 0 Å². The first-order valence-electron chi connectivity index (χ1n) is 7.48. The van der Waals surface area contributed by atoms with E-state index >= 15 is 0 Å². The van der Waals surface area contributed by atoms with Gasteiger partial charge >= 0.3 is 0 Å². The van der Waals surface area contributed by atoms with E-state index < -0.39 is 0 Å². The lowest BCUT2D eigenvalue weighted by Crippen LogP contribution is -2.31. The van der Waals surface area contributed by atoms with Gasteiger partial charge in [0.25, 0.3) is 0 Å². The van der Waals surface area contributed by atoms with Crippen LogP contribution >= 0.6 is 0 Å². The molecule has 0 aromatic carbocycles. The Morgan fingerprint density at radius 2 is 2.35 bits per heavy atom. The van der Waals surface area contributed by atoms with Crippen LogP contribution in [-0.4, -0.2) is 41.3 Å². The molecule has 0 saturated carbocycles. The molecule has 0 unspecified atom stereocenters. The SMILES string of the molecule is CO[C@@H]1C[C@H](c2nc(C)no2)N(C[C@@H]2CC=CCC2)C1. The first-order valence-corrected chi connectivity index (χ1v) is 7.48. The van der Waals surface area contributed by atoms with Crippen molar-refractivity contribution in [3.63, 3.8) is 0 Å². The van der Waals surface area contributed by atoms with Gasteiger partial charge in [-0.2, -0.15) is 4.98 Å². The lowest BCUT2D eigenvalue weighted by Gasteiger charge is -2.27. The van der Waals surface area contributed by atoms with E-state index in [2.05, 4.69) is 27.2 Å². The molecule has 3 rings (SSSR count). The Labute approximate surface area is 120 Å². The highest BCUT2D eigenvalue weighted by molar-refractivity contribution is 5.00. The quantitative estimate of drug-likeness (QED) is 0.791. The summed E-state index contributed by atoms with van der Waals surface area (Å²) in [5, 5.41) is 3.93. The van der Waals surface area contributed by atoms with Crippen molar-refractivity contribution in [1.82, 2.24) is 15.0 Å². The first kappa shape index (κ1) is 13.8. The molecule has 5 heteroatoms. The Morgan fingerprint density at radius 3 is 3.00 bits per heavy atom. The van der Waals surface area contributed by atoms with E-state index in [9.17, 15) is 0 Å². The standard InChI is InChI=1S/C15H23N3O2/c1-11-16-15(20-17-11)14-8-13(19-2)10-18(14)9-12-6-4-3-5-7-12/h3-4,12-14H,5-10H2,1-2H3/t12-,13-,14-/m1/s1. The summed E-state index contributed by atoms with van der Waals surface area (Å²) in [4.78, 5) is 6.88. The maximum Gasteiger partial charge on any atom is 0.244 e. The molecule has 0 radical (unpaired) electrons. The Bertz CT molecular complexity index is 471. The van der Waals surface area contributed by atoms with Crippen LogP contribution in [0.15, 0.2) is 16.7 Å². The second-order valence-corrected chi connectivity index (χ2v) is 5.89. The summed E-state index contributed by atoms with van der Waals surface area (Å²) in [6, 6.07) is 0.215. The van der Waals surface area contributed by atoms with Gasteiger partial charge in [0, 0.05) is 20.2 Å². The number of likely N-dealkylation sites (tertiary alicyclic amines) is 1. The van der Waals surface area contributed by atoms with Crippen LogP contribution in [0.2, 0.25) is 0 Å². The zero-order valence-electron chi connectivity index (χ0n) is 12.3. The van der Waals surface area contributed by atoms with Crippen LogP contribution in [0, 0.1) is 12.8 Å². The van der Waals surface area contributed by atoms with Crippen molar-refractivity contribution >= 4 is 0 Å². The second kappa shape index (κ2) is 6.06. The van der Waals surface area contributed by atoms with E-state index in [-0.39, 0.29) is 12.1 Å². The summed E-state index contributed by atoms with van der Waals surface area (Å²) in [6.45, 7) is 3.92. The predicted molar refractivity (Wildman–Crippen MR) is 75.2 cm³/mol. The minimum atomic E-state index is 0.215. The molecule has 1 fully saturated rings. The minimum Gasteiger partial charge on any atom is -0.380 e. The number of hydrogen-bond donors (Lipinski definition) is 0. The smallest absolute Gasteiger partial charge is 0.244 e. The number of aromatic nitrogens is 2. The van der Waals surface area contributed by atoms with Crippen molar-refractivity contribution in [2.24, 2.45) is 5.92 Å². The Morgan fingerprint density at radius 1 is 1.45 bits per heavy atom. The molecular formula is C15H23N3O2. The number of ether oxygens (including phenoxy) is 1. The van der Waals surface area contributed by atoms with Crippen molar-refractivity contribution in [3.05, 3.63) is 23.9 Å². The Kier molecular flexibility index (Phi) is 4.17. The molecule has 1 saturated heterocycles. The molecular weight excluding hydrogens is 254 g/mol. The third-order valence-corrected chi connectivity index (χ3v) is 4.40. The van der Waals surface area contributed by atoms with Gasteiger partial charge in [0.05, 0.1) is 12.1 Å². The number of aryl methyl sites for hydroxylation is 1. The lowest BCUT2D eigenvalue weighted by atomic mass is 9.94. The average molecular weight is 277 g/mol. The molecule has 1 aliphatic carbocycles. The zero-order chi connectivity index (χ0) is 13.9. The normalized spacial score (nSPS) is 31.0. The van der Waals surface area contributed by atoms with E-state index in [0.29, 0.717) is 5.82 Å². The van der Waals surface area contributed by atoms with Gasteiger partial charge in [-0.05, 0) is 38.5 Å². The molecule has 110 valence electrons.